The zero-order valence-electron chi connectivity index (χ0n) is 16.4. The number of benzene rings is 2. The lowest BCUT2D eigenvalue weighted by atomic mass is 10.1. The molecule has 1 amide bonds. The maximum atomic E-state index is 12.6. The van der Waals surface area contributed by atoms with Crippen molar-refractivity contribution in [3.8, 4) is 22.8 Å². The lowest BCUT2D eigenvalue weighted by Gasteiger charge is -2.11. The summed E-state index contributed by atoms with van der Waals surface area (Å²) in [5.74, 6) is 0.363. The summed E-state index contributed by atoms with van der Waals surface area (Å²) in [5, 5.41) is 4.75. The molecule has 1 saturated heterocycles. The van der Waals surface area contributed by atoms with E-state index in [1.165, 1.54) is 17.4 Å². The van der Waals surface area contributed by atoms with Crippen LogP contribution in [0.3, 0.4) is 0 Å². The third-order valence-electron chi connectivity index (χ3n) is 4.68. The van der Waals surface area contributed by atoms with Gasteiger partial charge in [0.05, 0.1) is 11.8 Å². The maximum Gasteiger partial charge on any atom is 0.387 e. The number of nitrogens with zero attached hydrogens (tertiary/aromatic N) is 1. The number of carbonyl (C=O) groups excluding carboxylic acids is 1. The predicted molar refractivity (Wildman–Crippen MR) is 113 cm³/mol. The number of hydrogen-bond donors (Lipinski definition) is 1. The zero-order chi connectivity index (χ0) is 21.6. The van der Waals surface area contributed by atoms with E-state index in [0.29, 0.717) is 34.3 Å². The van der Waals surface area contributed by atoms with E-state index in [9.17, 15) is 13.6 Å². The molecule has 0 saturated carbocycles. The van der Waals surface area contributed by atoms with Gasteiger partial charge in [-0.25, -0.2) is 4.98 Å². The number of halogens is 2. The summed E-state index contributed by atoms with van der Waals surface area (Å²) < 4.78 is 41.0. The summed E-state index contributed by atoms with van der Waals surface area (Å²) in [6.45, 7) is -1.67. The first kappa shape index (κ1) is 21.2. The molecule has 1 aromatic heterocycles. The summed E-state index contributed by atoms with van der Waals surface area (Å²) >= 11 is 1.20. The average Bonchev–Trinajstić information content (AvgIpc) is 3.45. The van der Waals surface area contributed by atoms with E-state index in [-0.39, 0.29) is 17.8 Å². The molecular formula is C22H20F2N2O4S. The van der Waals surface area contributed by atoms with Gasteiger partial charge in [0, 0.05) is 23.1 Å². The topological polar surface area (TPSA) is 69.7 Å². The van der Waals surface area contributed by atoms with Gasteiger partial charge in [-0.1, -0.05) is 12.1 Å². The molecule has 0 spiro atoms. The highest BCUT2D eigenvalue weighted by atomic mass is 32.1. The fraction of sp³-hybridized carbons (Fsp3) is 0.273. The van der Waals surface area contributed by atoms with Crippen molar-refractivity contribution in [2.24, 2.45) is 0 Å². The van der Waals surface area contributed by atoms with Crippen LogP contribution in [-0.4, -0.2) is 36.8 Å². The molecule has 0 aliphatic carbocycles. The van der Waals surface area contributed by atoms with E-state index >= 15 is 0 Å². The van der Waals surface area contributed by atoms with Gasteiger partial charge in [-0.05, 0) is 49.2 Å². The lowest BCUT2D eigenvalue weighted by Crippen LogP contribution is -2.16. The van der Waals surface area contributed by atoms with Crippen molar-refractivity contribution in [2.45, 2.75) is 25.6 Å². The summed E-state index contributed by atoms with van der Waals surface area (Å²) in [6.07, 6.45) is 2.17. The van der Waals surface area contributed by atoms with Crippen molar-refractivity contribution in [3.05, 3.63) is 59.5 Å². The normalized spacial score (nSPS) is 15.8. The van der Waals surface area contributed by atoms with E-state index in [2.05, 4.69) is 15.0 Å². The van der Waals surface area contributed by atoms with Gasteiger partial charge in [0.25, 0.3) is 5.91 Å². The fourth-order valence-corrected chi connectivity index (χ4v) is 3.87. The van der Waals surface area contributed by atoms with Crippen molar-refractivity contribution < 1.29 is 27.8 Å². The van der Waals surface area contributed by atoms with Crippen molar-refractivity contribution in [2.75, 3.05) is 18.5 Å². The lowest BCUT2D eigenvalue weighted by molar-refractivity contribution is -0.0494. The first-order valence-electron chi connectivity index (χ1n) is 9.74. The molecule has 9 heteroatoms. The summed E-state index contributed by atoms with van der Waals surface area (Å²) in [5.41, 5.74) is 1.31. The number of hydrogen-bond acceptors (Lipinski definition) is 6. The summed E-state index contributed by atoms with van der Waals surface area (Å²) in [6, 6.07) is 13.2. The second-order valence-corrected chi connectivity index (χ2v) is 7.70. The maximum absolute atomic E-state index is 12.6. The van der Waals surface area contributed by atoms with Crippen LogP contribution in [0.15, 0.2) is 53.9 Å². The number of ether oxygens (including phenoxy) is 3. The number of para-hydroxylation sites is 1. The molecule has 3 aromatic rings. The van der Waals surface area contributed by atoms with Gasteiger partial charge in [0.1, 0.15) is 18.1 Å². The molecule has 0 bridgehead atoms. The Bertz CT molecular complexity index is 1020. The monoisotopic (exact) mass is 446 g/mol. The van der Waals surface area contributed by atoms with E-state index in [1.54, 1.807) is 47.8 Å². The van der Waals surface area contributed by atoms with Gasteiger partial charge in [0.15, 0.2) is 5.13 Å². The molecule has 1 atom stereocenters. The molecule has 2 heterocycles. The molecule has 4 rings (SSSR count). The van der Waals surface area contributed by atoms with Crippen LogP contribution in [0.4, 0.5) is 13.9 Å². The Hall–Kier alpha value is -3.04. The van der Waals surface area contributed by atoms with Crippen molar-refractivity contribution in [1.82, 2.24) is 4.98 Å². The Labute approximate surface area is 181 Å². The highest BCUT2D eigenvalue weighted by Crippen LogP contribution is 2.33. The molecule has 1 aliphatic heterocycles. The van der Waals surface area contributed by atoms with Gasteiger partial charge in [-0.15, -0.1) is 11.3 Å². The Kier molecular flexibility index (Phi) is 6.73. The zero-order valence-corrected chi connectivity index (χ0v) is 17.2. The number of aromatic nitrogens is 1. The van der Waals surface area contributed by atoms with Crippen LogP contribution in [0.5, 0.6) is 11.5 Å². The van der Waals surface area contributed by atoms with Gasteiger partial charge in [-0.2, -0.15) is 8.78 Å². The molecular weight excluding hydrogens is 426 g/mol. The quantitative estimate of drug-likeness (QED) is 0.514. The number of amides is 1. The Morgan fingerprint density at radius 2 is 2.03 bits per heavy atom. The smallest absolute Gasteiger partial charge is 0.387 e. The minimum absolute atomic E-state index is 0.0271. The minimum Gasteiger partial charge on any atom is -0.491 e. The number of alkyl halides is 2. The summed E-state index contributed by atoms with van der Waals surface area (Å²) in [7, 11) is 0. The molecule has 1 fully saturated rings. The van der Waals surface area contributed by atoms with Crippen molar-refractivity contribution in [3.63, 3.8) is 0 Å². The third kappa shape index (κ3) is 5.56. The van der Waals surface area contributed by atoms with Crippen LogP contribution in [-0.2, 0) is 4.74 Å². The predicted octanol–water partition coefficient (Wildman–Crippen LogP) is 5.22. The van der Waals surface area contributed by atoms with Gasteiger partial charge >= 0.3 is 6.61 Å². The van der Waals surface area contributed by atoms with Crippen molar-refractivity contribution >= 4 is 22.4 Å². The number of rotatable bonds is 8. The first-order chi connectivity index (χ1) is 15.1. The first-order valence-corrected chi connectivity index (χ1v) is 10.6. The van der Waals surface area contributed by atoms with Crippen LogP contribution >= 0.6 is 11.3 Å². The van der Waals surface area contributed by atoms with Crippen LogP contribution in [0.25, 0.3) is 11.3 Å². The van der Waals surface area contributed by atoms with Gasteiger partial charge < -0.3 is 14.2 Å². The number of nitrogens with one attached hydrogen (secondary N) is 1. The minimum atomic E-state index is -2.93. The molecule has 2 aromatic carbocycles. The van der Waals surface area contributed by atoms with Crippen LogP contribution in [0, 0.1) is 0 Å². The highest BCUT2D eigenvalue weighted by Gasteiger charge is 2.17. The standard InChI is InChI=1S/C22H20F2N2O4S/c23-21(24)30-19-6-2-1-5-17(19)18-13-31-22(25-18)26-20(27)14-7-9-15(10-8-14)29-12-16-4-3-11-28-16/h1-2,5-10,13,16,21H,3-4,11-12H2,(H,25,26,27). The van der Waals surface area contributed by atoms with E-state index in [1.807, 2.05) is 0 Å². The Morgan fingerprint density at radius 1 is 1.23 bits per heavy atom. The Morgan fingerprint density at radius 3 is 2.77 bits per heavy atom. The van der Waals surface area contributed by atoms with E-state index in [4.69, 9.17) is 9.47 Å². The van der Waals surface area contributed by atoms with Crippen LogP contribution in [0.2, 0.25) is 0 Å². The Balaban J connectivity index is 1.38. The molecule has 1 aliphatic rings. The fourth-order valence-electron chi connectivity index (χ4n) is 3.17. The SMILES string of the molecule is O=C(Nc1nc(-c2ccccc2OC(F)F)cs1)c1ccc(OCC2CCCO2)cc1. The number of carbonyl (C=O) groups is 1. The molecule has 0 radical (unpaired) electrons. The third-order valence-corrected chi connectivity index (χ3v) is 5.44. The van der Waals surface area contributed by atoms with Gasteiger partial charge in [-0.3, -0.25) is 10.1 Å². The van der Waals surface area contributed by atoms with Crippen LogP contribution < -0.4 is 14.8 Å². The highest BCUT2D eigenvalue weighted by molar-refractivity contribution is 7.14. The van der Waals surface area contributed by atoms with Crippen molar-refractivity contribution in [1.29, 1.82) is 0 Å². The molecule has 162 valence electrons. The van der Waals surface area contributed by atoms with E-state index < -0.39 is 6.61 Å². The van der Waals surface area contributed by atoms with Gasteiger partial charge in [0.2, 0.25) is 0 Å². The van der Waals surface area contributed by atoms with E-state index in [0.717, 1.165) is 19.4 Å². The average molecular weight is 446 g/mol. The molecule has 31 heavy (non-hydrogen) atoms. The number of thiazole rings is 1. The largest absolute Gasteiger partial charge is 0.491 e. The molecule has 6 nitrogen and oxygen atoms in total. The summed E-state index contributed by atoms with van der Waals surface area (Å²) in [4.78, 5) is 16.8. The molecule has 1 N–H and O–H groups in total. The van der Waals surface area contributed by atoms with Crippen LogP contribution in [0.1, 0.15) is 23.2 Å². The number of anilines is 1. The molecule has 1 unspecified atom stereocenters. The second kappa shape index (κ2) is 9.84. The second-order valence-electron chi connectivity index (χ2n) is 6.84.